The fourth-order valence-corrected chi connectivity index (χ4v) is 2.12. The van der Waals surface area contributed by atoms with Gasteiger partial charge in [0.05, 0.1) is 6.10 Å². The van der Waals surface area contributed by atoms with Gasteiger partial charge in [0.1, 0.15) is 5.69 Å². The first-order chi connectivity index (χ1) is 10.1. The van der Waals surface area contributed by atoms with Crippen LogP contribution in [0.2, 0.25) is 0 Å². The Morgan fingerprint density at radius 2 is 2.00 bits per heavy atom. The Labute approximate surface area is 124 Å². The highest BCUT2D eigenvalue weighted by Gasteiger charge is 2.16. The van der Waals surface area contributed by atoms with Gasteiger partial charge in [-0.3, -0.25) is 4.79 Å². The predicted octanol–water partition coefficient (Wildman–Crippen LogP) is 3.11. The molecule has 2 rings (SSSR count). The van der Waals surface area contributed by atoms with Crippen LogP contribution in [0, 0.1) is 0 Å². The molecule has 2 aromatic rings. The standard InChI is InChI=1S/C17H19NO3/c1-13(2)21-17(20)16-10-15(12-19)11-18(16)9-8-14-6-4-3-5-7-14/h3-7,10-13H,8-9H2,1-2H3. The van der Waals surface area contributed by atoms with Crippen LogP contribution in [0.5, 0.6) is 0 Å². The quantitative estimate of drug-likeness (QED) is 0.605. The Bertz CT molecular complexity index is 614. The minimum absolute atomic E-state index is 0.186. The number of nitrogens with zero attached hydrogens (tertiary/aromatic N) is 1. The fourth-order valence-electron chi connectivity index (χ4n) is 2.12. The molecule has 0 aliphatic carbocycles. The molecule has 4 nitrogen and oxygen atoms in total. The lowest BCUT2D eigenvalue weighted by molar-refractivity contribution is 0.0365. The second kappa shape index (κ2) is 6.88. The molecule has 0 saturated carbocycles. The largest absolute Gasteiger partial charge is 0.458 e. The zero-order valence-electron chi connectivity index (χ0n) is 12.3. The van der Waals surface area contributed by atoms with Crippen LogP contribution >= 0.6 is 0 Å². The van der Waals surface area contributed by atoms with Crippen LogP contribution in [-0.2, 0) is 17.7 Å². The fraction of sp³-hybridized carbons (Fsp3) is 0.294. The highest BCUT2D eigenvalue weighted by Crippen LogP contribution is 2.12. The van der Waals surface area contributed by atoms with E-state index in [2.05, 4.69) is 0 Å². The first-order valence-corrected chi connectivity index (χ1v) is 7.00. The van der Waals surface area contributed by atoms with Crippen LogP contribution in [-0.4, -0.2) is 22.9 Å². The van der Waals surface area contributed by atoms with E-state index in [1.54, 1.807) is 30.7 Å². The highest BCUT2D eigenvalue weighted by atomic mass is 16.5. The number of ether oxygens (including phenoxy) is 1. The maximum Gasteiger partial charge on any atom is 0.355 e. The van der Waals surface area contributed by atoms with E-state index in [-0.39, 0.29) is 6.10 Å². The van der Waals surface area contributed by atoms with Crippen molar-refractivity contribution < 1.29 is 14.3 Å². The summed E-state index contributed by atoms with van der Waals surface area (Å²) in [5.74, 6) is -0.397. The average molecular weight is 285 g/mol. The molecule has 0 N–H and O–H groups in total. The van der Waals surface area contributed by atoms with Crippen molar-refractivity contribution in [1.29, 1.82) is 0 Å². The van der Waals surface area contributed by atoms with E-state index in [0.717, 1.165) is 12.7 Å². The lowest BCUT2D eigenvalue weighted by atomic mass is 10.1. The zero-order valence-corrected chi connectivity index (χ0v) is 12.3. The molecule has 0 aliphatic rings. The topological polar surface area (TPSA) is 48.3 Å². The summed E-state index contributed by atoms with van der Waals surface area (Å²) in [6.07, 6.45) is 3.03. The molecule has 0 fully saturated rings. The van der Waals surface area contributed by atoms with Gasteiger partial charge >= 0.3 is 5.97 Å². The van der Waals surface area contributed by atoms with E-state index in [1.807, 2.05) is 30.3 Å². The summed E-state index contributed by atoms with van der Waals surface area (Å²) < 4.78 is 6.99. The van der Waals surface area contributed by atoms with Gasteiger partial charge in [-0.05, 0) is 31.9 Å². The molecule has 0 unspecified atom stereocenters. The molecule has 0 radical (unpaired) electrons. The monoisotopic (exact) mass is 285 g/mol. The van der Waals surface area contributed by atoms with Crippen LogP contribution < -0.4 is 0 Å². The number of esters is 1. The van der Waals surface area contributed by atoms with Crippen molar-refractivity contribution in [2.45, 2.75) is 32.9 Å². The van der Waals surface area contributed by atoms with Gasteiger partial charge in [0.2, 0.25) is 0 Å². The first kappa shape index (κ1) is 15.0. The van der Waals surface area contributed by atoms with Gasteiger partial charge in [-0.15, -0.1) is 0 Å². The molecule has 1 aromatic heterocycles. The third-order valence-electron chi connectivity index (χ3n) is 3.09. The van der Waals surface area contributed by atoms with Crippen molar-refractivity contribution in [3.8, 4) is 0 Å². The molecule has 1 heterocycles. The summed E-state index contributed by atoms with van der Waals surface area (Å²) in [5, 5.41) is 0. The van der Waals surface area contributed by atoms with Crippen LogP contribution in [0.25, 0.3) is 0 Å². The minimum Gasteiger partial charge on any atom is -0.458 e. The van der Waals surface area contributed by atoms with Gasteiger partial charge < -0.3 is 9.30 Å². The van der Waals surface area contributed by atoms with Crippen LogP contribution in [0.4, 0.5) is 0 Å². The molecule has 110 valence electrons. The van der Waals surface area contributed by atoms with Gasteiger partial charge in [-0.25, -0.2) is 4.79 Å². The zero-order chi connectivity index (χ0) is 15.2. The lowest BCUT2D eigenvalue weighted by Crippen LogP contribution is -2.16. The number of hydrogen-bond donors (Lipinski definition) is 0. The third-order valence-corrected chi connectivity index (χ3v) is 3.09. The number of aryl methyl sites for hydroxylation is 2. The third kappa shape index (κ3) is 4.05. The summed E-state index contributed by atoms with van der Waals surface area (Å²) in [6, 6.07) is 11.6. The van der Waals surface area contributed by atoms with Crippen molar-refractivity contribution in [3.63, 3.8) is 0 Å². The van der Waals surface area contributed by atoms with Crippen molar-refractivity contribution >= 4 is 12.3 Å². The van der Waals surface area contributed by atoms with Crippen molar-refractivity contribution in [2.24, 2.45) is 0 Å². The molecular weight excluding hydrogens is 266 g/mol. The minimum atomic E-state index is -0.397. The molecule has 0 spiro atoms. The van der Waals surface area contributed by atoms with Crippen LogP contribution in [0.15, 0.2) is 42.6 Å². The summed E-state index contributed by atoms with van der Waals surface area (Å²) in [7, 11) is 0. The van der Waals surface area contributed by atoms with Gasteiger partial charge in [0, 0.05) is 18.3 Å². The lowest BCUT2D eigenvalue weighted by Gasteiger charge is -2.11. The van der Waals surface area contributed by atoms with Crippen molar-refractivity contribution in [3.05, 3.63) is 59.4 Å². The van der Waals surface area contributed by atoms with Crippen molar-refractivity contribution in [1.82, 2.24) is 4.57 Å². The van der Waals surface area contributed by atoms with E-state index in [9.17, 15) is 9.59 Å². The first-order valence-electron chi connectivity index (χ1n) is 7.00. The van der Waals surface area contributed by atoms with E-state index < -0.39 is 5.97 Å². The van der Waals surface area contributed by atoms with E-state index >= 15 is 0 Å². The molecule has 0 bridgehead atoms. The maximum absolute atomic E-state index is 12.1. The maximum atomic E-state index is 12.1. The second-order valence-corrected chi connectivity index (χ2v) is 5.16. The molecule has 0 aliphatic heterocycles. The Morgan fingerprint density at radius 3 is 2.62 bits per heavy atom. The summed E-state index contributed by atoms with van der Waals surface area (Å²) >= 11 is 0. The van der Waals surface area contributed by atoms with Crippen LogP contribution in [0.3, 0.4) is 0 Å². The number of hydrogen-bond acceptors (Lipinski definition) is 3. The summed E-state index contributed by atoms with van der Waals surface area (Å²) in [4.78, 5) is 23.0. The number of rotatable bonds is 6. The number of carbonyl (C=O) groups is 2. The Hall–Kier alpha value is -2.36. The molecule has 21 heavy (non-hydrogen) atoms. The Kier molecular flexibility index (Phi) is 4.93. The van der Waals surface area contributed by atoms with Gasteiger partial charge in [-0.1, -0.05) is 30.3 Å². The number of aldehydes is 1. The molecule has 0 saturated heterocycles. The number of aromatic nitrogens is 1. The second-order valence-electron chi connectivity index (χ2n) is 5.16. The summed E-state index contributed by atoms with van der Waals surface area (Å²) in [6.45, 7) is 4.23. The molecule has 0 amide bonds. The number of carbonyl (C=O) groups excluding carboxylic acids is 2. The van der Waals surface area contributed by atoms with E-state index in [4.69, 9.17) is 4.74 Å². The smallest absolute Gasteiger partial charge is 0.355 e. The van der Waals surface area contributed by atoms with E-state index in [1.165, 1.54) is 5.56 Å². The van der Waals surface area contributed by atoms with Crippen molar-refractivity contribution in [2.75, 3.05) is 0 Å². The molecule has 1 aromatic carbocycles. The average Bonchev–Trinajstić information content (AvgIpc) is 2.89. The molecule has 0 atom stereocenters. The van der Waals surface area contributed by atoms with E-state index in [0.29, 0.717) is 17.8 Å². The molecule has 4 heteroatoms. The Morgan fingerprint density at radius 1 is 1.29 bits per heavy atom. The van der Waals surface area contributed by atoms with Crippen LogP contribution in [0.1, 0.15) is 40.3 Å². The number of benzene rings is 1. The molecular formula is C17H19NO3. The van der Waals surface area contributed by atoms with Gasteiger partial charge in [0.15, 0.2) is 6.29 Å². The summed E-state index contributed by atoms with van der Waals surface area (Å²) in [5.41, 5.74) is 2.09. The Balaban J connectivity index is 2.15. The predicted molar refractivity (Wildman–Crippen MR) is 80.5 cm³/mol. The normalized spacial score (nSPS) is 10.6. The van der Waals surface area contributed by atoms with Gasteiger partial charge in [0.25, 0.3) is 0 Å². The van der Waals surface area contributed by atoms with Gasteiger partial charge in [-0.2, -0.15) is 0 Å². The highest BCUT2D eigenvalue weighted by molar-refractivity contribution is 5.90. The SMILES string of the molecule is CC(C)OC(=O)c1cc(C=O)cn1CCc1ccccc1.